The second kappa shape index (κ2) is 9.51. The Morgan fingerprint density at radius 2 is 1.76 bits per heavy atom. The Morgan fingerprint density at radius 3 is 2.47 bits per heavy atom. The Balaban J connectivity index is 1.82. The lowest BCUT2D eigenvalue weighted by Gasteiger charge is -2.46. The quantitative estimate of drug-likeness (QED) is 0.461. The third-order valence-corrected chi connectivity index (χ3v) is 7.98. The summed E-state index contributed by atoms with van der Waals surface area (Å²) in [7, 11) is 0. The fourth-order valence-corrected chi connectivity index (χ4v) is 5.87. The van der Waals surface area contributed by atoms with Crippen LogP contribution in [0.3, 0.4) is 0 Å². The molecule has 3 N–H and O–H groups in total. The molecule has 0 radical (unpaired) electrons. The molecule has 4 rings (SSSR count). The number of hydrogen-bond acceptors (Lipinski definition) is 5. The van der Waals surface area contributed by atoms with Crippen molar-refractivity contribution in [3.05, 3.63) is 71.3 Å². The van der Waals surface area contributed by atoms with Crippen LogP contribution in [0.2, 0.25) is 0 Å². The van der Waals surface area contributed by atoms with Crippen molar-refractivity contribution in [2.45, 2.75) is 64.4 Å². The van der Waals surface area contributed by atoms with Gasteiger partial charge in [-0.25, -0.2) is 4.79 Å². The van der Waals surface area contributed by atoms with Crippen LogP contribution < -0.4 is 5.32 Å². The zero-order valence-corrected chi connectivity index (χ0v) is 20.3. The van der Waals surface area contributed by atoms with E-state index in [1.807, 2.05) is 70.2 Å². The number of ether oxygens (including phenoxy) is 1. The van der Waals surface area contributed by atoms with Crippen LogP contribution in [0.4, 0.5) is 0 Å². The van der Waals surface area contributed by atoms with Gasteiger partial charge in [0, 0.05) is 18.0 Å². The van der Waals surface area contributed by atoms with Gasteiger partial charge in [0.25, 0.3) is 5.91 Å². The van der Waals surface area contributed by atoms with Gasteiger partial charge < -0.3 is 20.3 Å². The molecule has 1 aromatic carbocycles. The number of amides is 1. The van der Waals surface area contributed by atoms with Gasteiger partial charge in [0.15, 0.2) is 0 Å². The molecule has 1 saturated heterocycles. The van der Waals surface area contributed by atoms with E-state index in [9.17, 15) is 19.8 Å². The second-order valence-electron chi connectivity index (χ2n) is 10.1. The van der Waals surface area contributed by atoms with Crippen molar-refractivity contribution in [3.8, 4) is 0 Å². The number of allylic oxidation sites excluding steroid dienone is 1. The first-order chi connectivity index (χ1) is 16.2. The summed E-state index contributed by atoms with van der Waals surface area (Å²) in [6.07, 6.45) is 6.23. The molecule has 1 fully saturated rings. The first kappa shape index (κ1) is 24.4. The number of aliphatic hydroxyl groups excluding tert-OH is 2. The molecular formula is C28H35NO5. The van der Waals surface area contributed by atoms with Gasteiger partial charge in [0.2, 0.25) is 5.60 Å². The summed E-state index contributed by atoms with van der Waals surface area (Å²) in [4.78, 5) is 26.7. The van der Waals surface area contributed by atoms with Gasteiger partial charge in [-0.1, -0.05) is 68.0 Å². The number of rotatable bonds is 2. The van der Waals surface area contributed by atoms with Crippen LogP contribution in [0.5, 0.6) is 0 Å². The van der Waals surface area contributed by atoms with Gasteiger partial charge in [0.05, 0.1) is 24.0 Å². The smallest absolute Gasteiger partial charge is 0.331 e. The minimum absolute atomic E-state index is 0.0552. The van der Waals surface area contributed by atoms with Gasteiger partial charge >= 0.3 is 5.97 Å². The predicted octanol–water partition coefficient (Wildman–Crippen LogP) is 3.10. The van der Waals surface area contributed by atoms with E-state index in [4.69, 9.17) is 4.74 Å². The molecule has 3 aliphatic rings. The SMILES string of the molecule is CC1=C(C)[C@@H](O)[C@@H]2C=CCC(C)C(O)[C@@H](C)C=CC(=O)O[C@]23C(=O)N[C@@H](Cc2ccccc2)C13. The number of aliphatic hydroxyl groups is 2. The van der Waals surface area contributed by atoms with E-state index >= 15 is 0 Å². The van der Waals surface area contributed by atoms with E-state index in [0.29, 0.717) is 12.8 Å². The van der Waals surface area contributed by atoms with Crippen molar-refractivity contribution in [3.63, 3.8) is 0 Å². The number of hydrogen-bond donors (Lipinski definition) is 3. The van der Waals surface area contributed by atoms with Crippen LogP contribution in [0.1, 0.15) is 39.7 Å². The highest BCUT2D eigenvalue weighted by Crippen LogP contribution is 2.50. The second-order valence-corrected chi connectivity index (χ2v) is 10.1. The standard InChI is InChI=1S/C28H35NO5/c1-16-9-8-12-21-26(32)19(4)18(3)24-22(15-20-10-6-5-7-11-20)29-27(33)28(21,24)34-23(30)14-13-17(2)25(16)31/h5-8,10-14,16-17,21-22,24-26,31-32H,9,15H2,1-4H3,(H,29,33)/t16?,17-,21-,22-,24?,25?,26+,28+/m0/s1. The zero-order chi connectivity index (χ0) is 24.6. The molecule has 8 atom stereocenters. The van der Waals surface area contributed by atoms with Crippen molar-refractivity contribution in [1.29, 1.82) is 0 Å². The average molecular weight is 466 g/mol. The molecule has 2 aliphatic heterocycles. The molecule has 1 spiro atoms. The molecule has 1 aromatic rings. The number of esters is 1. The molecule has 1 aliphatic carbocycles. The van der Waals surface area contributed by atoms with Crippen LogP contribution in [0, 0.1) is 23.7 Å². The van der Waals surface area contributed by atoms with Crippen molar-refractivity contribution in [2.24, 2.45) is 23.7 Å². The molecule has 0 saturated carbocycles. The Labute approximate surface area is 201 Å². The van der Waals surface area contributed by atoms with Crippen molar-refractivity contribution >= 4 is 11.9 Å². The number of carbonyl (C=O) groups excluding carboxylic acids is 2. The summed E-state index contributed by atoms with van der Waals surface area (Å²) < 4.78 is 6.05. The summed E-state index contributed by atoms with van der Waals surface area (Å²) in [5.74, 6) is -2.48. The van der Waals surface area contributed by atoms with Crippen LogP contribution in [-0.2, 0) is 20.7 Å². The zero-order valence-electron chi connectivity index (χ0n) is 20.3. The first-order valence-electron chi connectivity index (χ1n) is 12.1. The van der Waals surface area contributed by atoms with E-state index < -0.39 is 35.6 Å². The molecule has 0 aromatic heterocycles. The minimum atomic E-state index is -1.55. The van der Waals surface area contributed by atoms with Crippen molar-refractivity contribution in [1.82, 2.24) is 5.32 Å². The van der Waals surface area contributed by atoms with Crippen LogP contribution in [0.15, 0.2) is 65.8 Å². The third-order valence-electron chi connectivity index (χ3n) is 7.98. The van der Waals surface area contributed by atoms with Crippen LogP contribution in [-0.4, -0.2) is 45.9 Å². The Bertz CT molecular complexity index is 1030. The maximum absolute atomic E-state index is 13.7. The molecule has 6 nitrogen and oxygen atoms in total. The summed E-state index contributed by atoms with van der Waals surface area (Å²) in [5, 5.41) is 25.0. The largest absolute Gasteiger partial charge is 0.444 e. The van der Waals surface area contributed by atoms with Crippen LogP contribution in [0.25, 0.3) is 0 Å². The highest BCUT2D eigenvalue weighted by Gasteiger charge is 2.66. The third kappa shape index (κ3) is 4.14. The van der Waals surface area contributed by atoms with E-state index in [0.717, 1.165) is 16.7 Å². The van der Waals surface area contributed by atoms with Gasteiger partial charge in [-0.15, -0.1) is 0 Å². The maximum Gasteiger partial charge on any atom is 0.331 e. The summed E-state index contributed by atoms with van der Waals surface area (Å²) in [5.41, 5.74) is 1.19. The Kier molecular flexibility index (Phi) is 6.83. The number of benzene rings is 1. The van der Waals surface area contributed by atoms with Gasteiger partial charge in [-0.2, -0.15) is 0 Å². The molecular weight excluding hydrogens is 430 g/mol. The number of carbonyl (C=O) groups is 2. The lowest BCUT2D eigenvalue weighted by atomic mass is 9.63. The first-order valence-corrected chi connectivity index (χ1v) is 12.1. The average Bonchev–Trinajstić information content (AvgIpc) is 3.08. The fraction of sp³-hybridized carbons (Fsp3) is 0.500. The Morgan fingerprint density at radius 1 is 1.06 bits per heavy atom. The highest BCUT2D eigenvalue weighted by molar-refractivity contribution is 5.94. The van der Waals surface area contributed by atoms with Gasteiger partial charge in [-0.3, -0.25) is 4.79 Å². The summed E-state index contributed by atoms with van der Waals surface area (Å²) in [6.45, 7) is 7.60. The minimum Gasteiger partial charge on any atom is -0.444 e. The molecule has 182 valence electrons. The van der Waals surface area contributed by atoms with E-state index in [1.165, 1.54) is 6.08 Å². The molecule has 2 heterocycles. The fourth-order valence-electron chi connectivity index (χ4n) is 5.87. The van der Waals surface area contributed by atoms with Gasteiger partial charge in [0.1, 0.15) is 0 Å². The van der Waals surface area contributed by atoms with Gasteiger partial charge in [-0.05, 0) is 43.7 Å². The maximum atomic E-state index is 13.7. The van der Waals surface area contributed by atoms with E-state index in [-0.39, 0.29) is 23.8 Å². The van der Waals surface area contributed by atoms with Crippen molar-refractivity contribution in [2.75, 3.05) is 0 Å². The molecule has 3 unspecified atom stereocenters. The predicted molar refractivity (Wildman–Crippen MR) is 129 cm³/mol. The van der Waals surface area contributed by atoms with E-state index in [2.05, 4.69) is 5.32 Å². The summed E-state index contributed by atoms with van der Waals surface area (Å²) in [6, 6.07) is 9.62. The molecule has 34 heavy (non-hydrogen) atoms. The topological polar surface area (TPSA) is 95.9 Å². The molecule has 0 bridgehead atoms. The van der Waals surface area contributed by atoms with Crippen molar-refractivity contribution < 1.29 is 24.5 Å². The highest BCUT2D eigenvalue weighted by atomic mass is 16.6. The van der Waals surface area contributed by atoms with E-state index in [1.54, 1.807) is 6.08 Å². The Hall–Kier alpha value is -2.70. The monoisotopic (exact) mass is 465 g/mol. The lowest BCUT2D eigenvalue weighted by Crippen LogP contribution is -2.59. The van der Waals surface area contributed by atoms with Crippen LogP contribution >= 0.6 is 0 Å². The number of nitrogens with one attached hydrogen (secondary N) is 1. The summed E-state index contributed by atoms with van der Waals surface area (Å²) >= 11 is 0. The molecule has 6 heteroatoms. The lowest BCUT2D eigenvalue weighted by molar-refractivity contribution is -0.175. The normalized spacial score (nSPS) is 38.4. The molecule has 1 amide bonds.